The molecule has 1 rings (SSSR count). The standard InChI is InChI=1S/C19H29NO3S/c1-14(2)18(20-24(22)19(4,5)6)15(3)12-17(21)23-13-16-10-8-7-9-11-16/h7-11,14,18,20H,3,12-13H2,1-2,4-6H3/t18-,24?/m0/s1. The molecule has 0 heterocycles. The summed E-state index contributed by atoms with van der Waals surface area (Å²) in [7, 11) is -1.22. The van der Waals surface area contributed by atoms with Crippen molar-refractivity contribution in [2.24, 2.45) is 5.92 Å². The van der Waals surface area contributed by atoms with Crippen LogP contribution in [0.3, 0.4) is 0 Å². The Bertz CT molecular complexity index is 576. The summed E-state index contributed by atoms with van der Waals surface area (Å²) < 4.78 is 20.3. The first kappa shape index (κ1) is 20.6. The Morgan fingerprint density at radius 3 is 2.33 bits per heavy atom. The van der Waals surface area contributed by atoms with Crippen LogP contribution in [0.15, 0.2) is 42.5 Å². The van der Waals surface area contributed by atoms with Crippen LogP contribution in [-0.2, 0) is 27.1 Å². The topological polar surface area (TPSA) is 55.4 Å². The van der Waals surface area contributed by atoms with Gasteiger partial charge in [-0.05, 0) is 37.8 Å². The van der Waals surface area contributed by atoms with Gasteiger partial charge in [0.15, 0.2) is 0 Å². The van der Waals surface area contributed by atoms with Gasteiger partial charge in [-0.15, -0.1) is 0 Å². The van der Waals surface area contributed by atoms with Crippen molar-refractivity contribution in [3.63, 3.8) is 0 Å². The van der Waals surface area contributed by atoms with Gasteiger partial charge in [-0.2, -0.15) is 0 Å². The number of hydrogen-bond acceptors (Lipinski definition) is 3. The molecule has 1 aromatic rings. The zero-order chi connectivity index (χ0) is 18.3. The molecule has 0 aromatic heterocycles. The molecular weight excluding hydrogens is 322 g/mol. The second kappa shape index (κ2) is 9.14. The molecule has 134 valence electrons. The average molecular weight is 352 g/mol. The molecule has 5 heteroatoms. The van der Waals surface area contributed by atoms with E-state index in [1.54, 1.807) is 0 Å². The van der Waals surface area contributed by atoms with Crippen molar-refractivity contribution in [3.8, 4) is 0 Å². The van der Waals surface area contributed by atoms with Crippen LogP contribution < -0.4 is 4.72 Å². The van der Waals surface area contributed by atoms with Crippen molar-refractivity contribution in [1.82, 2.24) is 4.72 Å². The van der Waals surface area contributed by atoms with E-state index in [-0.39, 0.29) is 35.7 Å². The highest BCUT2D eigenvalue weighted by Gasteiger charge is 2.26. The van der Waals surface area contributed by atoms with Crippen LogP contribution in [0.5, 0.6) is 0 Å². The Morgan fingerprint density at radius 2 is 1.83 bits per heavy atom. The molecule has 0 saturated carbocycles. The predicted molar refractivity (Wildman–Crippen MR) is 99.7 cm³/mol. The monoisotopic (exact) mass is 351 g/mol. The van der Waals surface area contributed by atoms with E-state index in [4.69, 9.17) is 4.74 Å². The Morgan fingerprint density at radius 1 is 1.25 bits per heavy atom. The SMILES string of the molecule is C=C(CC(=O)OCc1ccccc1)[C@@H](NS(=O)C(C)(C)C)C(C)C. The maximum atomic E-state index is 12.3. The normalized spacial score (nSPS) is 14.2. The maximum absolute atomic E-state index is 12.3. The molecule has 1 N–H and O–H groups in total. The first-order chi connectivity index (χ1) is 11.1. The zero-order valence-corrected chi connectivity index (χ0v) is 16.1. The van der Waals surface area contributed by atoms with Gasteiger partial charge in [-0.25, -0.2) is 8.93 Å². The van der Waals surface area contributed by atoms with Crippen LogP contribution in [-0.4, -0.2) is 21.0 Å². The Hall–Kier alpha value is -1.46. The van der Waals surface area contributed by atoms with Gasteiger partial charge < -0.3 is 4.74 Å². The van der Waals surface area contributed by atoms with Gasteiger partial charge in [-0.3, -0.25) is 4.79 Å². The minimum atomic E-state index is -1.22. The highest BCUT2D eigenvalue weighted by molar-refractivity contribution is 7.84. The van der Waals surface area contributed by atoms with Gasteiger partial charge in [0, 0.05) is 6.04 Å². The smallest absolute Gasteiger partial charge is 0.310 e. The van der Waals surface area contributed by atoms with Gasteiger partial charge in [0.1, 0.15) is 6.61 Å². The molecule has 24 heavy (non-hydrogen) atoms. The van der Waals surface area contributed by atoms with Crippen LogP contribution in [0.2, 0.25) is 0 Å². The molecular formula is C19H29NO3S. The molecule has 0 amide bonds. The molecule has 0 aliphatic carbocycles. The lowest BCUT2D eigenvalue weighted by Crippen LogP contribution is -2.43. The Balaban J connectivity index is 2.58. The molecule has 2 atom stereocenters. The molecule has 0 spiro atoms. The van der Waals surface area contributed by atoms with E-state index in [2.05, 4.69) is 11.3 Å². The summed E-state index contributed by atoms with van der Waals surface area (Å²) in [5.41, 5.74) is 1.64. The Labute approximate surface area is 148 Å². The molecule has 4 nitrogen and oxygen atoms in total. The van der Waals surface area contributed by atoms with Crippen LogP contribution in [0, 0.1) is 5.92 Å². The van der Waals surface area contributed by atoms with Crippen molar-refractivity contribution >= 4 is 17.0 Å². The van der Waals surface area contributed by atoms with E-state index in [1.165, 1.54) is 0 Å². The van der Waals surface area contributed by atoms with Crippen molar-refractivity contribution in [2.75, 3.05) is 0 Å². The fraction of sp³-hybridized carbons (Fsp3) is 0.526. The third-order valence-electron chi connectivity index (χ3n) is 3.51. The quantitative estimate of drug-likeness (QED) is 0.573. The number of nitrogens with one attached hydrogen (secondary N) is 1. The maximum Gasteiger partial charge on any atom is 0.310 e. The van der Waals surface area contributed by atoms with E-state index in [0.717, 1.165) is 5.56 Å². The Kier molecular flexibility index (Phi) is 7.84. The van der Waals surface area contributed by atoms with Crippen molar-refractivity contribution in [2.45, 2.75) is 58.4 Å². The lowest BCUT2D eigenvalue weighted by molar-refractivity contribution is -0.144. The largest absolute Gasteiger partial charge is 0.461 e. The lowest BCUT2D eigenvalue weighted by atomic mass is 9.96. The number of rotatable bonds is 8. The van der Waals surface area contributed by atoms with Crippen molar-refractivity contribution < 1.29 is 13.7 Å². The van der Waals surface area contributed by atoms with Gasteiger partial charge in [0.2, 0.25) is 0 Å². The highest BCUT2D eigenvalue weighted by Crippen LogP contribution is 2.19. The third-order valence-corrected chi connectivity index (χ3v) is 5.09. The second-order valence-electron chi connectivity index (χ2n) is 7.20. The summed E-state index contributed by atoms with van der Waals surface area (Å²) in [6.07, 6.45) is 0.115. The lowest BCUT2D eigenvalue weighted by Gasteiger charge is -2.28. The minimum Gasteiger partial charge on any atom is -0.461 e. The summed E-state index contributed by atoms with van der Waals surface area (Å²) in [5.74, 6) is -0.149. The van der Waals surface area contributed by atoms with Crippen LogP contribution in [0.4, 0.5) is 0 Å². The van der Waals surface area contributed by atoms with Gasteiger partial charge in [0.05, 0.1) is 22.2 Å². The van der Waals surface area contributed by atoms with E-state index in [9.17, 15) is 9.00 Å². The number of benzene rings is 1. The number of carbonyl (C=O) groups is 1. The highest BCUT2D eigenvalue weighted by atomic mass is 32.2. The third kappa shape index (κ3) is 6.97. The second-order valence-corrected chi connectivity index (χ2v) is 9.20. The summed E-state index contributed by atoms with van der Waals surface area (Å²) in [5, 5.41) is 0. The number of esters is 1. The molecule has 1 unspecified atom stereocenters. The van der Waals surface area contributed by atoms with E-state index in [0.29, 0.717) is 5.57 Å². The fourth-order valence-electron chi connectivity index (χ4n) is 2.07. The summed E-state index contributed by atoms with van der Waals surface area (Å²) in [6.45, 7) is 14.0. The minimum absolute atomic E-state index is 0.115. The zero-order valence-electron chi connectivity index (χ0n) is 15.3. The van der Waals surface area contributed by atoms with Crippen LogP contribution in [0.25, 0.3) is 0 Å². The molecule has 0 aliphatic rings. The fourth-order valence-corrected chi connectivity index (χ4v) is 3.09. The number of hydrogen-bond donors (Lipinski definition) is 1. The number of ether oxygens (including phenoxy) is 1. The molecule has 0 fully saturated rings. The van der Waals surface area contributed by atoms with Crippen LogP contribution >= 0.6 is 0 Å². The van der Waals surface area contributed by atoms with Crippen molar-refractivity contribution in [1.29, 1.82) is 0 Å². The van der Waals surface area contributed by atoms with E-state index in [1.807, 2.05) is 65.0 Å². The number of carbonyl (C=O) groups excluding carboxylic acids is 1. The molecule has 0 aliphatic heterocycles. The molecule has 0 radical (unpaired) electrons. The first-order valence-corrected chi connectivity index (χ1v) is 9.31. The first-order valence-electron chi connectivity index (χ1n) is 8.16. The molecule has 0 bridgehead atoms. The van der Waals surface area contributed by atoms with Gasteiger partial charge >= 0.3 is 5.97 Å². The average Bonchev–Trinajstić information content (AvgIpc) is 2.49. The summed E-state index contributed by atoms with van der Waals surface area (Å²) in [4.78, 5) is 12.0. The van der Waals surface area contributed by atoms with E-state index >= 15 is 0 Å². The van der Waals surface area contributed by atoms with Gasteiger partial charge in [-0.1, -0.05) is 50.8 Å². The summed E-state index contributed by atoms with van der Waals surface area (Å²) in [6, 6.07) is 9.35. The van der Waals surface area contributed by atoms with Gasteiger partial charge in [0.25, 0.3) is 0 Å². The summed E-state index contributed by atoms with van der Waals surface area (Å²) >= 11 is 0. The molecule has 0 saturated heterocycles. The molecule has 1 aromatic carbocycles. The van der Waals surface area contributed by atoms with Crippen molar-refractivity contribution in [3.05, 3.63) is 48.0 Å². The van der Waals surface area contributed by atoms with E-state index < -0.39 is 11.0 Å². The predicted octanol–water partition coefficient (Wildman–Crippen LogP) is 3.75. The van der Waals surface area contributed by atoms with Crippen LogP contribution in [0.1, 0.15) is 46.6 Å².